The maximum absolute atomic E-state index is 11.1. The number of ether oxygens (including phenoxy) is 2. The Morgan fingerprint density at radius 2 is 2.47 bits per heavy atom. The number of hydrogen-bond acceptors (Lipinski definition) is 4. The molecule has 0 aromatic rings. The zero-order valence-corrected chi connectivity index (χ0v) is 10.1. The Kier molecular flexibility index (Phi) is 5.67. The van der Waals surface area contributed by atoms with Crippen LogP contribution in [0.1, 0.15) is 6.92 Å². The van der Waals surface area contributed by atoms with Gasteiger partial charge in [-0.2, -0.15) is 0 Å². The Balaban J connectivity index is 1.94. The van der Waals surface area contributed by atoms with Crippen molar-refractivity contribution in [1.82, 2.24) is 5.32 Å². The van der Waals surface area contributed by atoms with E-state index in [1.54, 1.807) is 7.11 Å². The summed E-state index contributed by atoms with van der Waals surface area (Å²) in [5.41, 5.74) is 0. The maximum Gasteiger partial charge on any atom is 0.407 e. The minimum absolute atomic E-state index is 0.128. The second-order valence-electron chi connectivity index (χ2n) is 3.59. The zero-order valence-electron chi connectivity index (χ0n) is 9.12. The third kappa shape index (κ3) is 6.48. The van der Waals surface area contributed by atoms with Gasteiger partial charge in [-0.05, 0) is 12.0 Å². The molecule has 2 unspecified atom stereocenters. The van der Waals surface area contributed by atoms with Crippen LogP contribution in [0.2, 0.25) is 6.04 Å². The van der Waals surface area contributed by atoms with Gasteiger partial charge in [-0.25, -0.2) is 4.79 Å². The fourth-order valence-corrected chi connectivity index (χ4v) is 1.53. The zero-order chi connectivity index (χ0) is 11.1. The molecule has 15 heavy (non-hydrogen) atoms. The van der Waals surface area contributed by atoms with Gasteiger partial charge in [-0.1, -0.05) is 6.92 Å². The molecule has 0 aliphatic carbocycles. The number of carbonyl (C=O) groups excluding carboxylic acids is 1. The maximum atomic E-state index is 11.1. The molecule has 0 aromatic carbocycles. The van der Waals surface area contributed by atoms with Gasteiger partial charge in [-0.15, -0.1) is 0 Å². The lowest BCUT2D eigenvalue weighted by Crippen LogP contribution is -2.30. The summed E-state index contributed by atoms with van der Waals surface area (Å²) in [4.78, 5) is 11.1. The van der Waals surface area contributed by atoms with Crippen LogP contribution in [-0.2, 0) is 13.9 Å². The number of rotatable bonds is 7. The normalized spacial score (nSPS) is 20.8. The van der Waals surface area contributed by atoms with Crippen molar-refractivity contribution in [3.8, 4) is 0 Å². The predicted molar refractivity (Wildman–Crippen MR) is 55.8 cm³/mol. The Hall–Kier alpha value is -0.593. The van der Waals surface area contributed by atoms with Crippen molar-refractivity contribution in [3.05, 3.63) is 0 Å². The largest absolute Gasteiger partial charge is 0.447 e. The monoisotopic (exact) mass is 231 g/mol. The van der Waals surface area contributed by atoms with Gasteiger partial charge >= 0.3 is 6.09 Å². The molecule has 1 N–H and O–H groups in total. The summed E-state index contributed by atoms with van der Waals surface area (Å²) < 4.78 is 14.8. The molecule has 0 saturated carbocycles. The smallest absolute Gasteiger partial charge is 0.407 e. The molecule has 6 heteroatoms. The fourth-order valence-electron chi connectivity index (χ4n) is 0.939. The number of amides is 1. The third-order valence-electron chi connectivity index (χ3n) is 1.97. The first-order valence-electron chi connectivity index (χ1n) is 5.00. The Morgan fingerprint density at radius 1 is 1.73 bits per heavy atom. The highest BCUT2D eigenvalue weighted by atomic mass is 28.2. The summed E-state index contributed by atoms with van der Waals surface area (Å²) in [5, 5.41) is 2.71. The molecule has 0 spiro atoms. The van der Waals surface area contributed by atoms with E-state index in [1.807, 2.05) is 0 Å². The van der Waals surface area contributed by atoms with E-state index in [0.29, 0.717) is 35.4 Å². The van der Waals surface area contributed by atoms with Gasteiger partial charge in [-0.3, -0.25) is 0 Å². The summed E-state index contributed by atoms with van der Waals surface area (Å²) >= 11 is 0. The molecule has 1 aliphatic heterocycles. The van der Waals surface area contributed by atoms with Gasteiger partial charge in [0.2, 0.25) is 9.76 Å². The average Bonchev–Trinajstić information content (AvgIpc) is 3.04. The highest BCUT2D eigenvalue weighted by Gasteiger charge is 2.24. The number of alkyl carbamates (subject to hydrolysis) is 1. The first kappa shape index (κ1) is 12.5. The van der Waals surface area contributed by atoms with Crippen molar-refractivity contribution in [1.29, 1.82) is 0 Å². The van der Waals surface area contributed by atoms with Crippen LogP contribution in [0.5, 0.6) is 0 Å². The van der Waals surface area contributed by atoms with Crippen LogP contribution >= 0.6 is 0 Å². The summed E-state index contributed by atoms with van der Waals surface area (Å²) in [6, 6.07) is 0.961. The molecule has 1 amide bonds. The first-order chi connectivity index (χ1) is 7.22. The van der Waals surface area contributed by atoms with Crippen molar-refractivity contribution < 1.29 is 18.7 Å². The van der Waals surface area contributed by atoms with E-state index in [4.69, 9.17) is 13.9 Å². The lowest BCUT2D eigenvalue weighted by Gasteiger charge is -2.11. The van der Waals surface area contributed by atoms with Crippen LogP contribution in [0.4, 0.5) is 4.79 Å². The molecule has 1 rings (SSSR count). The summed E-state index contributed by atoms with van der Waals surface area (Å²) in [6.07, 6.45) is -0.235. The molecular weight excluding hydrogens is 214 g/mol. The van der Waals surface area contributed by atoms with Gasteiger partial charge in [0.25, 0.3) is 0 Å². The van der Waals surface area contributed by atoms with E-state index >= 15 is 0 Å². The number of nitrogens with one attached hydrogen (secondary N) is 1. The van der Waals surface area contributed by atoms with Crippen LogP contribution in [0.3, 0.4) is 0 Å². The highest BCUT2D eigenvalue weighted by Crippen LogP contribution is 2.08. The third-order valence-corrected chi connectivity index (χ3v) is 3.13. The lowest BCUT2D eigenvalue weighted by molar-refractivity contribution is 0.135. The molecule has 2 atom stereocenters. The minimum Gasteiger partial charge on any atom is -0.447 e. The molecular formula is C9H17NO4Si. The number of hydrogen-bond donors (Lipinski definition) is 1. The van der Waals surface area contributed by atoms with Gasteiger partial charge < -0.3 is 19.2 Å². The number of epoxide rings is 1. The quantitative estimate of drug-likeness (QED) is 0.510. The van der Waals surface area contributed by atoms with E-state index < -0.39 is 0 Å². The molecule has 1 fully saturated rings. The van der Waals surface area contributed by atoms with Crippen LogP contribution in [0.25, 0.3) is 0 Å². The first-order valence-corrected chi connectivity index (χ1v) is 6.12. The summed E-state index contributed by atoms with van der Waals surface area (Å²) in [5.74, 6) is 0.410. The van der Waals surface area contributed by atoms with Crippen LogP contribution in [0, 0.1) is 5.92 Å². The minimum atomic E-state index is -0.363. The van der Waals surface area contributed by atoms with E-state index in [9.17, 15) is 4.79 Å². The van der Waals surface area contributed by atoms with Crippen molar-refractivity contribution in [2.45, 2.75) is 19.1 Å². The van der Waals surface area contributed by atoms with Gasteiger partial charge in [0.15, 0.2) is 0 Å². The highest BCUT2D eigenvalue weighted by molar-refractivity contribution is 6.27. The van der Waals surface area contributed by atoms with Gasteiger partial charge in [0.1, 0.15) is 12.7 Å². The molecule has 0 bridgehead atoms. The molecule has 0 aromatic heterocycles. The molecule has 1 saturated heterocycles. The lowest BCUT2D eigenvalue weighted by atomic mass is 10.2. The van der Waals surface area contributed by atoms with Crippen molar-refractivity contribution in [3.63, 3.8) is 0 Å². The summed E-state index contributed by atoms with van der Waals surface area (Å²) in [6.45, 7) is 3.76. The fraction of sp³-hybridized carbons (Fsp3) is 0.889. The summed E-state index contributed by atoms with van der Waals surface area (Å²) in [7, 11) is 2.18. The van der Waals surface area contributed by atoms with Gasteiger partial charge in [0, 0.05) is 13.7 Å². The van der Waals surface area contributed by atoms with Gasteiger partial charge in [0.05, 0.1) is 6.61 Å². The average molecular weight is 231 g/mol. The van der Waals surface area contributed by atoms with Crippen molar-refractivity contribution in [2.75, 3.05) is 26.9 Å². The molecule has 2 radical (unpaired) electrons. The number of carbonyl (C=O) groups is 1. The second kappa shape index (κ2) is 6.81. The Labute approximate surface area is 92.4 Å². The van der Waals surface area contributed by atoms with Crippen molar-refractivity contribution >= 4 is 15.9 Å². The van der Waals surface area contributed by atoms with Crippen LogP contribution < -0.4 is 5.32 Å². The van der Waals surface area contributed by atoms with E-state index in [0.717, 1.165) is 6.04 Å². The van der Waals surface area contributed by atoms with E-state index in [1.165, 1.54) is 0 Å². The predicted octanol–water partition coefficient (Wildman–Crippen LogP) is 0.431. The van der Waals surface area contributed by atoms with E-state index in [-0.39, 0.29) is 12.2 Å². The molecule has 5 nitrogen and oxygen atoms in total. The SMILES string of the molecule is CO[Si]CC(C)CNC(=O)OCC1CO1. The van der Waals surface area contributed by atoms with E-state index in [2.05, 4.69) is 12.2 Å². The van der Waals surface area contributed by atoms with Crippen LogP contribution in [-0.4, -0.2) is 48.8 Å². The molecule has 1 aliphatic rings. The Bertz CT molecular complexity index is 199. The molecule has 1 heterocycles. The second-order valence-corrected chi connectivity index (χ2v) is 4.70. The topological polar surface area (TPSA) is 60.1 Å². The van der Waals surface area contributed by atoms with Crippen LogP contribution in [0.15, 0.2) is 0 Å². The van der Waals surface area contributed by atoms with Crippen molar-refractivity contribution in [2.24, 2.45) is 5.92 Å². The molecule has 86 valence electrons. The Morgan fingerprint density at radius 3 is 3.07 bits per heavy atom. The standard InChI is InChI=1S/C9H17NO4Si/c1-7(6-15-12-2)3-10-9(11)14-5-8-4-13-8/h7-8H,3-6H2,1-2H3,(H,10,11).